The Kier molecular flexibility index (Phi) is 6.68. The van der Waals surface area contributed by atoms with E-state index in [-0.39, 0.29) is 0 Å². The molecule has 0 saturated carbocycles. The van der Waals surface area contributed by atoms with Gasteiger partial charge < -0.3 is 10.2 Å². The van der Waals surface area contributed by atoms with E-state index in [4.69, 9.17) is 4.98 Å². The number of piperidine rings is 1. The summed E-state index contributed by atoms with van der Waals surface area (Å²) >= 11 is 0. The molecule has 1 N–H and O–H groups in total. The van der Waals surface area contributed by atoms with Gasteiger partial charge in [0.05, 0.1) is 6.20 Å². The van der Waals surface area contributed by atoms with Crippen molar-refractivity contribution in [2.45, 2.75) is 32.1 Å². The van der Waals surface area contributed by atoms with Crippen LogP contribution >= 0.6 is 0 Å². The average Bonchev–Trinajstić information content (AvgIpc) is 2.79. The predicted octanol–water partition coefficient (Wildman–Crippen LogP) is 4.38. The summed E-state index contributed by atoms with van der Waals surface area (Å²) in [7, 11) is 0. The molecule has 0 unspecified atom stereocenters. The van der Waals surface area contributed by atoms with E-state index >= 15 is 0 Å². The topological polar surface area (TPSA) is 53.9 Å². The van der Waals surface area contributed by atoms with Crippen LogP contribution in [0.5, 0.6) is 0 Å². The number of hydrogen-bond acceptors (Lipinski definition) is 5. The van der Waals surface area contributed by atoms with Gasteiger partial charge in [0.1, 0.15) is 0 Å². The third-order valence-corrected chi connectivity index (χ3v) is 5.62. The number of aryl methyl sites for hydroxylation is 1. The van der Waals surface area contributed by atoms with Crippen LogP contribution < -0.4 is 10.2 Å². The number of anilines is 2. The van der Waals surface area contributed by atoms with Crippen molar-refractivity contribution in [1.29, 1.82) is 0 Å². The van der Waals surface area contributed by atoms with Crippen LogP contribution in [-0.2, 0) is 12.8 Å². The van der Waals surface area contributed by atoms with Crippen LogP contribution in [0.25, 0.3) is 0 Å². The first-order chi connectivity index (χ1) is 14.4. The van der Waals surface area contributed by atoms with Gasteiger partial charge in [-0.2, -0.15) is 10.1 Å². The van der Waals surface area contributed by atoms with Gasteiger partial charge in [-0.1, -0.05) is 60.7 Å². The summed E-state index contributed by atoms with van der Waals surface area (Å²) in [5, 5.41) is 11.6. The molecule has 5 nitrogen and oxygen atoms in total. The SMILES string of the molecule is c1ccc(CCCNc2nncc(N3CCC(Cc4ccccc4)CC3)n2)cc1. The van der Waals surface area contributed by atoms with E-state index in [9.17, 15) is 0 Å². The molecule has 0 spiro atoms. The Morgan fingerprint density at radius 3 is 2.31 bits per heavy atom. The molecule has 2 aromatic carbocycles. The number of rotatable bonds is 8. The lowest BCUT2D eigenvalue weighted by atomic mass is 9.90. The molecule has 1 aliphatic heterocycles. The van der Waals surface area contributed by atoms with Crippen molar-refractivity contribution >= 4 is 11.8 Å². The second-order valence-corrected chi connectivity index (χ2v) is 7.77. The van der Waals surface area contributed by atoms with Crippen molar-refractivity contribution in [3.63, 3.8) is 0 Å². The Morgan fingerprint density at radius 1 is 0.897 bits per heavy atom. The normalized spacial score (nSPS) is 14.7. The van der Waals surface area contributed by atoms with Crippen LogP contribution in [0, 0.1) is 5.92 Å². The molecule has 5 heteroatoms. The molecule has 150 valence electrons. The van der Waals surface area contributed by atoms with Gasteiger partial charge in [0.25, 0.3) is 0 Å². The zero-order valence-corrected chi connectivity index (χ0v) is 16.9. The number of aromatic nitrogens is 3. The highest BCUT2D eigenvalue weighted by Crippen LogP contribution is 2.24. The second kappa shape index (κ2) is 10.0. The predicted molar refractivity (Wildman–Crippen MR) is 118 cm³/mol. The Bertz CT molecular complexity index is 861. The van der Waals surface area contributed by atoms with Gasteiger partial charge in [-0.3, -0.25) is 0 Å². The largest absolute Gasteiger partial charge is 0.355 e. The van der Waals surface area contributed by atoms with Gasteiger partial charge in [-0.15, -0.1) is 5.10 Å². The van der Waals surface area contributed by atoms with Gasteiger partial charge in [-0.25, -0.2) is 0 Å². The maximum absolute atomic E-state index is 4.69. The number of nitrogens with one attached hydrogen (secondary N) is 1. The highest BCUT2D eigenvalue weighted by molar-refractivity contribution is 5.40. The number of benzene rings is 2. The number of nitrogens with zero attached hydrogens (tertiary/aromatic N) is 4. The summed E-state index contributed by atoms with van der Waals surface area (Å²) in [6, 6.07) is 21.4. The summed E-state index contributed by atoms with van der Waals surface area (Å²) in [6.07, 6.45) is 7.44. The fourth-order valence-corrected chi connectivity index (χ4v) is 3.97. The second-order valence-electron chi connectivity index (χ2n) is 7.77. The van der Waals surface area contributed by atoms with Crippen LogP contribution in [-0.4, -0.2) is 34.8 Å². The van der Waals surface area contributed by atoms with Crippen molar-refractivity contribution in [1.82, 2.24) is 15.2 Å². The monoisotopic (exact) mass is 387 g/mol. The van der Waals surface area contributed by atoms with Gasteiger partial charge in [-0.05, 0) is 49.1 Å². The van der Waals surface area contributed by atoms with Crippen molar-refractivity contribution in [3.05, 3.63) is 78.0 Å². The molecular weight excluding hydrogens is 358 g/mol. The first-order valence-corrected chi connectivity index (χ1v) is 10.6. The molecule has 1 saturated heterocycles. The average molecular weight is 388 g/mol. The van der Waals surface area contributed by atoms with E-state index in [0.717, 1.165) is 44.2 Å². The molecular formula is C24H29N5. The summed E-state index contributed by atoms with van der Waals surface area (Å²) in [5.74, 6) is 2.31. The van der Waals surface area contributed by atoms with Gasteiger partial charge in [0.2, 0.25) is 5.95 Å². The molecule has 0 bridgehead atoms. The van der Waals surface area contributed by atoms with E-state index in [2.05, 4.69) is 81.1 Å². The van der Waals surface area contributed by atoms with Crippen molar-refractivity contribution in [2.24, 2.45) is 5.92 Å². The lowest BCUT2D eigenvalue weighted by molar-refractivity contribution is 0.402. The minimum Gasteiger partial charge on any atom is -0.355 e. The summed E-state index contributed by atoms with van der Waals surface area (Å²) in [5.41, 5.74) is 2.80. The highest BCUT2D eigenvalue weighted by Gasteiger charge is 2.21. The van der Waals surface area contributed by atoms with Crippen LogP contribution in [0.1, 0.15) is 30.4 Å². The molecule has 0 amide bonds. The van der Waals surface area contributed by atoms with Crippen LogP contribution in [0.2, 0.25) is 0 Å². The summed E-state index contributed by atoms with van der Waals surface area (Å²) < 4.78 is 0. The van der Waals surface area contributed by atoms with Crippen LogP contribution in [0.3, 0.4) is 0 Å². The van der Waals surface area contributed by atoms with Gasteiger partial charge in [0.15, 0.2) is 5.82 Å². The maximum atomic E-state index is 4.69. The molecule has 1 aromatic heterocycles. The van der Waals surface area contributed by atoms with Gasteiger partial charge >= 0.3 is 0 Å². The van der Waals surface area contributed by atoms with E-state index in [1.165, 1.54) is 30.4 Å². The number of hydrogen-bond donors (Lipinski definition) is 1. The van der Waals surface area contributed by atoms with E-state index in [1.807, 2.05) is 0 Å². The smallest absolute Gasteiger partial charge is 0.244 e. The first kappa shape index (κ1) is 19.4. The van der Waals surface area contributed by atoms with Gasteiger partial charge in [0, 0.05) is 19.6 Å². The fraction of sp³-hybridized carbons (Fsp3) is 0.375. The zero-order chi connectivity index (χ0) is 19.7. The molecule has 0 radical (unpaired) electrons. The molecule has 0 aliphatic carbocycles. The quantitative estimate of drug-likeness (QED) is 0.582. The zero-order valence-electron chi connectivity index (χ0n) is 16.9. The molecule has 2 heterocycles. The lowest BCUT2D eigenvalue weighted by Gasteiger charge is -2.32. The molecule has 3 aromatic rings. The third kappa shape index (κ3) is 5.76. The molecule has 1 fully saturated rings. The Balaban J connectivity index is 1.23. The summed E-state index contributed by atoms with van der Waals surface area (Å²) in [4.78, 5) is 7.03. The molecule has 1 aliphatic rings. The summed E-state index contributed by atoms with van der Waals surface area (Å²) in [6.45, 7) is 2.91. The Labute approximate surface area is 173 Å². The van der Waals surface area contributed by atoms with E-state index < -0.39 is 0 Å². The highest BCUT2D eigenvalue weighted by atomic mass is 15.3. The van der Waals surface area contributed by atoms with E-state index in [1.54, 1.807) is 6.20 Å². The fourth-order valence-electron chi connectivity index (χ4n) is 3.97. The van der Waals surface area contributed by atoms with Crippen LogP contribution in [0.15, 0.2) is 66.9 Å². The van der Waals surface area contributed by atoms with Crippen LogP contribution in [0.4, 0.5) is 11.8 Å². The van der Waals surface area contributed by atoms with E-state index in [0.29, 0.717) is 5.95 Å². The van der Waals surface area contributed by atoms with Crippen molar-refractivity contribution < 1.29 is 0 Å². The molecule has 29 heavy (non-hydrogen) atoms. The third-order valence-electron chi connectivity index (χ3n) is 5.62. The van der Waals surface area contributed by atoms with Crippen molar-refractivity contribution in [2.75, 3.05) is 29.9 Å². The standard InChI is InChI=1S/C24H29N5/c1-3-8-20(9-4-1)12-7-15-25-24-27-23(19-26-28-24)29-16-13-22(14-17-29)18-21-10-5-2-6-11-21/h1-6,8-11,19,22H,7,12-18H2,(H,25,27,28). The molecule has 0 atom stereocenters. The van der Waals surface area contributed by atoms with Crippen molar-refractivity contribution in [3.8, 4) is 0 Å². The Hall–Kier alpha value is -2.95. The first-order valence-electron chi connectivity index (χ1n) is 10.6. The Morgan fingerprint density at radius 2 is 1.59 bits per heavy atom. The minimum absolute atomic E-state index is 0.627. The lowest BCUT2D eigenvalue weighted by Crippen LogP contribution is -2.35. The minimum atomic E-state index is 0.627. The maximum Gasteiger partial charge on any atom is 0.244 e. The molecule has 4 rings (SSSR count).